The van der Waals surface area contributed by atoms with Gasteiger partial charge in [-0.1, -0.05) is 26.7 Å². The third-order valence-corrected chi connectivity index (χ3v) is 2.52. The molecule has 0 N–H and O–H groups in total. The summed E-state index contributed by atoms with van der Waals surface area (Å²) in [6.07, 6.45) is 5.71. The molecule has 0 saturated carbocycles. The molecular formula is C17H32O. The standard InChI is InChI=1S/C17H32O/c1-16(2,3)12-9-7-8-10-14-18-15-11-13-17(4,5)6/h7-8,10-11,13-15H2,1-6H3. The molecule has 0 radical (unpaired) electrons. The highest BCUT2D eigenvalue weighted by atomic mass is 16.5. The molecule has 0 bridgehead atoms. The van der Waals surface area contributed by atoms with E-state index in [1.54, 1.807) is 0 Å². The van der Waals surface area contributed by atoms with E-state index in [-0.39, 0.29) is 5.41 Å². The van der Waals surface area contributed by atoms with Crippen LogP contribution in [0, 0.1) is 22.7 Å². The molecule has 0 aliphatic heterocycles. The Bertz CT molecular complexity index is 254. The van der Waals surface area contributed by atoms with Crippen molar-refractivity contribution in [3.8, 4) is 11.8 Å². The van der Waals surface area contributed by atoms with Crippen LogP contribution in [0.4, 0.5) is 0 Å². The second-order valence-corrected chi connectivity index (χ2v) is 7.29. The van der Waals surface area contributed by atoms with Crippen LogP contribution in [0.1, 0.15) is 73.6 Å². The fraction of sp³-hybridized carbons (Fsp3) is 0.882. The fourth-order valence-corrected chi connectivity index (χ4v) is 1.55. The van der Waals surface area contributed by atoms with Gasteiger partial charge in [0.15, 0.2) is 0 Å². The van der Waals surface area contributed by atoms with Crippen molar-refractivity contribution >= 4 is 0 Å². The summed E-state index contributed by atoms with van der Waals surface area (Å²) < 4.78 is 5.63. The van der Waals surface area contributed by atoms with E-state index in [0.717, 1.165) is 32.5 Å². The lowest BCUT2D eigenvalue weighted by Gasteiger charge is -2.17. The maximum atomic E-state index is 5.63. The van der Waals surface area contributed by atoms with Gasteiger partial charge in [-0.2, -0.15) is 0 Å². The van der Waals surface area contributed by atoms with Crippen LogP contribution in [0.3, 0.4) is 0 Å². The van der Waals surface area contributed by atoms with Crippen LogP contribution >= 0.6 is 0 Å². The van der Waals surface area contributed by atoms with Gasteiger partial charge in [0, 0.05) is 25.0 Å². The zero-order valence-electron chi connectivity index (χ0n) is 13.4. The van der Waals surface area contributed by atoms with Crippen molar-refractivity contribution < 1.29 is 4.74 Å². The summed E-state index contributed by atoms with van der Waals surface area (Å²) >= 11 is 0. The average molecular weight is 252 g/mol. The Kier molecular flexibility index (Phi) is 8.36. The molecule has 0 amide bonds. The first-order chi connectivity index (χ1) is 8.21. The third kappa shape index (κ3) is 15.5. The van der Waals surface area contributed by atoms with Gasteiger partial charge in [0.25, 0.3) is 0 Å². The Balaban J connectivity index is 3.29. The summed E-state index contributed by atoms with van der Waals surface area (Å²) in [5, 5.41) is 0. The van der Waals surface area contributed by atoms with E-state index >= 15 is 0 Å². The van der Waals surface area contributed by atoms with Gasteiger partial charge >= 0.3 is 0 Å². The zero-order valence-corrected chi connectivity index (χ0v) is 13.4. The molecule has 0 unspecified atom stereocenters. The van der Waals surface area contributed by atoms with Gasteiger partial charge in [0.2, 0.25) is 0 Å². The van der Waals surface area contributed by atoms with Crippen LogP contribution in [0.5, 0.6) is 0 Å². The number of hydrogen-bond acceptors (Lipinski definition) is 1. The summed E-state index contributed by atoms with van der Waals surface area (Å²) in [5.74, 6) is 6.50. The second-order valence-electron chi connectivity index (χ2n) is 7.29. The molecule has 18 heavy (non-hydrogen) atoms. The zero-order chi connectivity index (χ0) is 14.1. The first kappa shape index (κ1) is 17.5. The van der Waals surface area contributed by atoms with Crippen molar-refractivity contribution in [2.75, 3.05) is 13.2 Å². The molecule has 0 saturated heterocycles. The lowest BCUT2D eigenvalue weighted by atomic mass is 9.91. The summed E-state index contributed by atoms with van der Waals surface area (Å²) in [6, 6.07) is 0. The van der Waals surface area contributed by atoms with Gasteiger partial charge in [-0.15, -0.1) is 5.92 Å². The quantitative estimate of drug-likeness (QED) is 0.455. The number of unbranched alkanes of at least 4 members (excludes halogenated alkanes) is 2. The van der Waals surface area contributed by atoms with Crippen molar-refractivity contribution in [1.29, 1.82) is 0 Å². The Morgan fingerprint density at radius 2 is 1.44 bits per heavy atom. The minimum atomic E-state index is 0.142. The molecule has 0 aliphatic rings. The SMILES string of the molecule is CC(C)(C)C#CCCCCOCCCC(C)(C)C. The predicted molar refractivity (Wildman–Crippen MR) is 80.6 cm³/mol. The molecule has 0 aromatic heterocycles. The van der Waals surface area contributed by atoms with Gasteiger partial charge in [-0.3, -0.25) is 0 Å². The monoisotopic (exact) mass is 252 g/mol. The van der Waals surface area contributed by atoms with Crippen LogP contribution in [0.15, 0.2) is 0 Å². The highest BCUT2D eigenvalue weighted by Gasteiger charge is 2.08. The highest BCUT2D eigenvalue weighted by molar-refractivity contribution is 5.06. The molecule has 0 heterocycles. The lowest BCUT2D eigenvalue weighted by Crippen LogP contribution is -2.07. The summed E-state index contributed by atoms with van der Waals surface area (Å²) in [4.78, 5) is 0. The van der Waals surface area contributed by atoms with E-state index < -0.39 is 0 Å². The van der Waals surface area contributed by atoms with Gasteiger partial charge in [0.05, 0.1) is 0 Å². The van der Waals surface area contributed by atoms with Crippen LogP contribution < -0.4 is 0 Å². The van der Waals surface area contributed by atoms with Crippen molar-refractivity contribution in [2.24, 2.45) is 10.8 Å². The van der Waals surface area contributed by atoms with E-state index in [2.05, 4.69) is 53.4 Å². The summed E-state index contributed by atoms with van der Waals surface area (Å²) in [7, 11) is 0. The second kappa shape index (κ2) is 8.59. The first-order valence-electron chi connectivity index (χ1n) is 7.28. The molecule has 1 nitrogen and oxygen atoms in total. The first-order valence-corrected chi connectivity index (χ1v) is 7.28. The minimum absolute atomic E-state index is 0.142. The van der Waals surface area contributed by atoms with Crippen LogP contribution in [0.2, 0.25) is 0 Å². The van der Waals surface area contributed by atoms with Gasteiger partial charge in [-0.25, -0.2) is 0 Å². The highest BCUT2D eigenvalue weighted by Crippen LogP contribution is 2.20. The van der Waals surface area contributed by atoms with Crippen molar-refractivity contribution in [3.05, 3.63) is 0 Å². The minimum Gasteiger partial charge on any atom is -0.381 e. The van der Waals surface area contributed by atoms with E-state index in [1.165, 1.54) is 12.8 Å². The topological polar surface area (TPSA) is 9.23 Å². The predicted octanol–water partition coefficient (Wildman–Crippen LogP) is 5.05. The van der Waals surface area contributed by atoms with Gasteiger partial charge in [0.1, 0.15) is 0 Å². The van der Waals surface area contributed by atoms with Crippen molar-refractivity contribution in [3.63, 3.8) is 0 Å². The molecule has 0 fully saturated rings. The molecule has 0 spiro atoms. The van der Waals surface area contributed by atoms with E-state index in [9.17, 15) is 0 Å². The van der Waals surface area contributed by atoms with Crippen molar-refractivity contribution in [2.45, 2.75) is 73.6 Å². The fourth-order valence-electron chi connectivity index (χ4n) is 1.55. The molecule has 0 atom stereocenters. The van der Waals surface area contributed by atoms with Crippen LogP contribution in [-0.4, -0.2) is 13.2 Å². The number of rotatable bonds is 7. The summed E-state index contributed by atoms with van der Waals surface area (Å²) in [6.45, 7) is 15.1. The summed E-state index contributed by atoms with van der Waals surface area (Å²) in [5.41, 5.74) is 0.579. The van der Waals surface area contributed by atoms with Gasteiger partial charge in [-0.05, 0) is 51.9 Å². The van der Waals surface area contributed by atoms with E-state index in [0.29, 0.717) is 5.41 Å². The number of ether oxygens (including phenoxy) is 1. The molecule has 106 valence electrons. The average Bonchev–Trinajstić information content (AvgIpc) is 2.17. The molecule has 1 heteroatoms. The lowest BCUT2D eigenvalue weighted by molar-refractivity contribution is 0.119. The van der Waals surface area contributed by atoms with Crippen LogP contribution in [0.25, 0.3) is 0 Å². The molecule has 0 aromatic rings. The maximum Gasteiger partial charge on any atom is 0.0466 e. The smallest absolute Gasteiger partial charge is 0.0466 e. The molecule has 0 rings (SSSR count). The maximum absolute atomic E-state index is 5.63. The number of hydrogen-bond donors (Lipinski definition) is 0. The third-order valence-electron chi connectivity index (χ3n) is 2.52. The molecule has 0 aliphatic carbocycles. The normalized spacial score (nSPS) is 12.1. The van der Waals surface area contributed by atoms with Crippen molar-refractivity contribution in [1.82, 2.24) is 0 Å². The Morgan fingerprint density at radius 3 is 2.00 bits per heavy atom. The Morgan fingerprint density at radius 1 is 0.833 bits per heavy atom. The van der Waals surface area contributed by atoms with Gasteiger partial charge < -0.3 is 4.74 Å². The molecule has 0 aromatic carbocycles. The van der Waals surface area contributed by atoms with E-state index in [4.69, 9.17) is 4.74 Å². The Labute approximate surface area is 115 Å². The van der Waals surface area contributed by atoms with E-state index in [1.807, 2.05) is 0 Å². The Hall–Kier alpha value is -0.480. The van der Waals surface area contributed by atoms with Crippen LogP contribution in [-0.2, 0) is 4.74 Å². The largest absolute Gasteiger partial charge is 0.381 e. The molecular weight excluding hydrogens is 220 g/mol.